The van der Waals surface area contributed by atoms with Crippen LogP contribution in [0.5, 0.6) is 0 Å². The Hall–Kier alpha value is -0.970. The first-order valence-corrected chi connectivity index (χ1v) is 4.94. The van der Waals surface area contributed by atoms with Gasteiger partial charge in [-0.05, 0) is 6.07 Å². The van der Waals surface area contributed by atoms with Crippen molar-refractivity contribution in [3.63, 3.8) is 0 Å². The molecular weight excluding hydrogens is 262 g/mol. The average Bonchev–Trinajstić information content (AvgIpc) is 2.13. The maximum Gasteiger partial charge on any atom is 0.326 e. The number of hydrogen-bond acceptors (Lipinski definition) is 2. The van der Waals surface area contributed by atoms with E-state index in [-0.39, 0.29) is 26.0 Å². The molecule has 0 saturated heterocycles. The van der Waals surface area contributed by atoms with Gasteiger partial charge in [-0.15, -0.1) is 0 Å². The van der Waals surface area contributed by atoms with Gasteiger partial charge in [-0.3, -0.25) is 9.78 Å². The highest BCUT2D eigenvalue weighted by atomic mass is 35.5. The quantitative estimate of drug-likeness (QED) is 0.717. The van der Waals surface area contributed by atoms with Gasteiger partial charge in [0.2, 0.25) is 0 Å². The van der Waals surface area contributed by atoms with Crippen LogP contribution in [0.15, 0.2) is 15.7 Å². The Morgan fingerprint density at radius 3 is 2.33 bits per heavy atom. The fraction of sp³-hybridized carbons (Fsp3) is 0. The molecule has 0 saturated carbocycles. The number of hydrogen-bond donors (Lipinski definition) is 2. The normalized spacial score (nSPS) is 10.9. The van der Waals surface area contributed by atoms with E-state index in [0.717, 1.165) is 0 Å². The zero-order valence-corrected chi connectivity index (χ0v) is 9.30. The highest BCUT2D eigenvalue weighted by Crippen LogP contribution is 2.32. The molecule has 0 radical (unpaired) electrons. The van der Waals surface area contributed by atoms with E-state index in [4.69, 9.17) is 34.8 Å². The standard InChI is InChI=1S/C8H3Cl3N2O2/c9-2-1-3(10)6-4(5(2)11)7(14)13-8(15)12-6/h1H,(H2,12,13,14,15). The predicted molar refractivity (Wildman–Crippen MR) is 60.2 cm³/mol. The van der Waals surface area contributed by atoms with Crippen molar-refractivity contribution in [2.24, 2.45) is 0 Å². The summed E-state index contributed by atoms with van der Waals surface area (Å²) in [4.78, 5) is 26.9. The average molecular weight is 265 g/mol. The van der Waals surface area contributed by atoms with Crippen LogP contribution in [0.4, 0.5) is 0 Å². The monoisotopic (exact) mass is 264 g/mol. The third-order valence-electron chi connectivity index (χ3n) is 1.86. The number of halogens is 3. The van der Waals surface area contributed by atoms with Gasteiger partial charge in [-0.1, -0.05) is 34.8 Å². The van der Waals surface area contributed by atoms with Crippen LogP contribution in [-0.2, 0) is 0 Å². The SMILES string of the molecule is O=c1[nH]c(=O)c2c(Cl)c(Cl)cc(Cl)c2[nH]1. The van der Waals surface area contributed by atoms with Gasteiger partial charge in [-0.2, -0.15) is 0 Å². The van der Waals surface area contributed by atoms with Crippen LogP contribution in [0.1, 0.15) is 0 Å². The molecule has 15 heavy (non-hydrogen) atoms. The van der Waals surface area contributed by atoms with E-state index in [0.29, 0.717) is 0 Å². The minimum atomic E-state index is -0.646. The van der Waals surface area contributed by atoms with Crippen molar-refractivity contribution >= 4 is 45.7 Å². The van der Waals surface area contributed by atoms with Gasteiger partial charge in [0.05, 0.1) is 26.0 Å². The van der Waals surface area contributed by atoms with E-state index in [1.165, 1.54) is 6.07 Å². The first-order valence-electron chi connectivity index (χ1n) is 3.80. The van der Waals surface area contributed by atoms with Crippen molar-refractivity contribution in [2.45, 2.75) is 0 Å². The van der Waals surface area contributed by atoms with E-state index in [2.05, 4.69) is 4.98 Å². The van der Waals surface area contributed by atoms with Crippen molar-refractivity contribution in [2.75, 3.05) is 0 Å². The molecule has 7 heteroatoms. The number of aromatic nitrogens is 2. The van der Waals surface area contributed by atoms with Crippen molar-refractivity contribution in [1.82, 2.24) is 9.97 Å². The summed E-state index contributed by atoms with van der Waals surface area (Å²) in [6, 6.07) is 1.36. The van der Waals surface area contributed by atoms with Gasteiger partial charge in [0.1, 0.15) is 0 Å². The van der Waals surface area contributed by atoms with E-state index >= 15 is 0 Å². The summed E-state index contributed by atoms with van der Waals surface area (Å²) in [7, 11) is 0. The molecule has 1 aromatic carbocycles. The fourth-order valence-electron chi connectivity index (χ4n) is 1.24. The molecule has 0 spiro atoms. The third-order valence-corrected chi connectivity index (χ3v) is 2.95. The van der Waals surface area contributed by atoms with Gasteiger partial charge in [-0.25, -0.2) is 4.79 Å². The van der Waals surface area contributed by atoms with Crippen molar-refractivity contribution < 1.29 is 0 Å². The number of fused-ring (bicyclic) bond motifs is 1. The summed E-state index contributed by atoms with van der Waals surface area (Å²) in [5, 5.41) is 0.469. The first-order chi connectivity index (χ1) is 7.00. The van der Waals surface area contributed by atoms with Crippen molar-refractivity contribution in [3.8, 4) is 0 Å². The predicted octanol–water partition coefficient (Wildman–Crippen LogP) is 2.18. The Morgan fingerprint density at radius 2 is 1.67 bits per heavy atom. The second-order valence-corrected chi connectivity index (χ2v) is 4.00. The Bertz CT molecular complexity index is 659. The Kier molecular flexibility index (Phi) is 2.50. The maximum absolute atomic E-state index is 11.4. The molecule has 0 amide bonds. The number of nitrogens with one attached hydrogen (secondary N) is 2. The van der Waals surface area contributed by atoms with Crippen molar-refractivity contribution in [3.05, 3.63) is 42.0 Å². The maximum atomic E-state index is 11.4. The lowest BCUT2D eigenvalue weighted by atomic mass is 10.2. The molecule has 1 aromatic heterocycles. The Labute approximate surface area is 97.8 Å². The largest absolute Gasteiger partial charge is 0.326 e. The molecule has 2 N–H and O–H groups in total. The van der Waals surface area contributed by atoms with Gasteiger partial charge in [0.15, 0.2) is 0 Å². The summed E-state index contributed by atoms with van der Waals surface area (Å²) in [6.07, 6.45) is 0. The minimum Gasteiger partial charge on any atom is -0.305 e. The van der Waals surface area contributed by atoms with E-state index in [1.807, 2.05) is 4.98 Å². The lowest BCUT2D eigenvalue weighted by Gasteiger charge is -2.03. The lowest BCUT2D eigenvalue weighted by molar-refractivity contribution is 1.08. The van der Waals surface area contributed by atoms with Gasteiger partial charge in [0, 0.05) is 0 Å². The van der Waals surface area contributed by atoms with Crippen molar-refractivity contribution in [1.29, 1.82) is 0 Å². The summed E-state index contributed by atoms with van der Waals surface area (Å²) in [6.45, 7) is 0. The van der Waals surface area contributed by atoms with E-state index < -0.39 is 11.2 Å². The van der Waals surface area contributed by atoms with Crippen LogP contribution < -0.4 is 11.2 Å². The zero-order chi connectivity index (χ0) is 11.2. The molecule has 0 aliphatic carbocycles. The van der Waals surface area contributed by atoms with Crippen LogP contribution in [0, 0.1) is 0 Å². The fourth-order valence-corrected chi connectivity index (χ4v) is 1.99. The molecule has 4 nitrogen and oxygen atoms in total. The lowest BCUT2D eigenvalue weighted by Crippen LogP contribution is -2.22. The molecule has 0 bridgehead atoms. The topological polar surface area (TPSA) is 65.7 Å². The highest BCUT2D eigenvalue weighted by molar-refractivity contribution is 6.47. The molecule has 0 aliphatic heterocycles. The van der Waals surface area contributed by atoms with Crippen LogP contribution in [0.3, 0.4) is 0 Å². The highest BCUT2D eigenvalue weighted by Gasteiger charge is 2.12. The Balaban J connectivity index is 3.17. The van der Waals surface area contributed by atoms with Crippen LogP contribution >= 0.6 is 34.8 Å². The summed E-state index contributed by atoms with van der Waals surface area (Å²) >= 11 is 17.4. The smallest absolute Gasteiger partial charge is 0.305 e. The summed E-state index contributed by atoms with van der Waals surface area (Å²) < 4.78 is 0. The zero-order valence-electron chi connectivity index (χ0n) is 7.03. The molecular formula is C8H3Cl3N2O2. The number of rotatable bonds is 0. The minimum absolute atomic E-state index is 0.0635. The number of benzene rings is 1. The molecule has 0 fully saturated rings. The summed E-state index contributed by atoms with van der Waals surface area (Å²) in [5.41, 5.74) is -1.09. The third kappa shape index (κ3) is 1.65. The second-order valence-electron chi connectivity index (χ2n) is 2.81. The van der Waals surface area contributed by atoms with Gasteiger partial charge >= 0.3 is 5.69 Å². The summed E-state index contributed by atoms with van der Waals surface area (Å²) in [5.74, 6) is 0. The van der Waals surface area contributed by atoms with E-state index in [9.17, 15) is 9.59 Å². The molecule has 0 aliphatic rings. The molecule has 2 rings (SSSR count). The first kappa shape index (κ1) is 10.5. The molecule has 1 heterocycles. The Morgan fingerprint density at radius 1 is 1.00 bits per heavy atom. The molecule has 0 atom stereocenters. The molecule has 78 valence electrons. The number of aromatic amines is 2. The second kappa shape index (κ2) is 3.56. The molecule has 2 aromatic rings. The van der Waals surface area contributed by atoms with Gasteiger partial charge in [0.25, 0.3) is 5.56 Å². The van der Waals surface area contributed by atoms with Crippen LogP contribution in [-0.4, -0.2) is 9.97 Å². The number of H-pyrrole nitrogens is 2. The van der Waals surface area contributed by atoms with Crippen LogP contribution in [0.2, 0.25) is 15.1 Å². The van der Waals surface area contributed by atoms with Crippen LogP contribution in [0.25, 0.3) is 10.9 Å². The van der Waals surface area contributed by atoms with E-state index in [1.54, 1.807) is 0 Å². The van der Waals surface area contributed by atoms with Gasteiger partial charge < -0.3 is 4.98 Å². The molecule has 0 unspecified atom stereocenters.